The fourth-order valence-corrected chi connectivity index (χ4v) is 3.17. The molecule has 0 saturated heterocycles. The second kappa shape index (κ2) is 8.09. The van der Waals surface area contributed by atoms with Crippen molar-refractivity contribution in [3.63, 3.8) is 0 Å². The number of aryl methyl sites for hydroxylation is 2. The lowest BCUT2D eigenvalue weighted by Crippen LogP contribution is -2.35. The minimum Gasteiger partial charge on any atom is -0.461 e. The molecule has 0 bridgehead atoms. The van der Waals surface area contributed by atoms with E-state index in [0.717, 1.165) is 11.1 Å². The number of urea groups is 1. The third-order valence-electron chi connectivity index (χ3n) is 3.79. The van der Waals surface area contributed by atoms with E-state index in [1.807, 2.05) is 26.0 Å². The Kier molecular flexibility index (Phi) is 5.60. The normalized spacial score (nSPS) is 10.6. The highest BCUT2D eigenvalue weighted by Gasteiger charge is 2.15. The Morgan fingerprint density at radius 3 is 2.74 bits per heavy atom. The van der Waals surface area contributed by atoms with Gasteiger partial charge in [0.15, 0.2) is 16.7 Å². The monoisotopic (exact) mass is 385 g/mol. The largest absolute Gasteiger partial charge is 0.461 e. The zero-order valence-electron chi connectivity index (χ0n) is 15.1. The first-order chi connectivity index (χ1) is 12.9. The maximum atomic E-state index is 12.0. The molecule has 0 fully saturated rings. The van der Waals surface area contributed by atoms with Gasteiger partial charge in [-0.15, -0.1) is 10.2 Å². The van der Waals surface area contributed by atoms with Crippen molar-refractivity contribution in [1.29, 1.82) is 0 Å². The molecule has 140 valence electrons. The lowest BCUT2D eigenvalue weighted by molar-refractivity contribution is -0.117. The summed E-state index contributed by atoms with van der Waals surface area (Å²) < 4.78 is 7.03. The van der Waals surface area contributed by atoms with Gasteiger partial charge in [0.25, 0.3) is 0 Å². The highest BCUT2D eigenvalue weighted by molar-refractivity contribution is 7.99. The Labute approximate surface area is 160 Å². The van der Waals surface area contributed by atoms with Crippen LogP contribution in [0.2, 0.25) is 0 Å². The van der Waals surface area contributed by atoms with Gasteiger partial charge >= 0.3 is 6.03 Å². The smallest absolute Gasteiger partial charge is 0.325 e. The number of nitrogens with one attached hydrogen (secondary N) is 2. The number of imide groups is 1. The van der Waals surface area contributed by atoms with Crippen LogP contribution >= 0.6 is 11.8 Å². The topological polar surface area (TPSA) is 102 Å². The van der Waals surface area contributed by atoms with Crippen molar-refractivity contribution in [1.82, 2.24) is 20.1 Å². The summed E-state index contributed by atoms with van der Waals surface area (Å²) in [5, 5.41) is 13.6. The minimum absolute atomic E-state index is 0.0322. The number of carbonyl (C=O) groups is 2. The summed E-state index contributed by atoms with van der Waals surface area (Å²) in [4.78, 5) is 24.0. The minimum atomic E-state index is -0.568. The summed E-state index contributed by atoms with van der Waals surface area (Å²) in [6, 6.07) is 8.63. The van der Waals surface area contributed by atoms with Gasteiger partial charge in [0.2, 0.25) is 5.91 Å². The summed E-state index contributed by atoms with van der Waals surface area (Å²) >= 11 is 1.18. The van der Waals surface area contributed by atoms with Crippen LogP contribution in [0.15, 0.2) is 46.2 Å². The van der Waals surface area contributed by atoms with Crippen LogP contribution in [-0.4, -0.2) is 32.5 Å². The second-order valence-electron chi connectivity index (χ2n) is 5.95. The molecule has 2 N–H and O–H groups in total. The Morgan fingerprint density at radius 2 is 2.04 bits per heavy atom. The van der Waals surface area contributed by atoms with Gasteiger partial charge in [-0.1, -0.05) is 29.5 Å². The van der Waals surface area contributed by atoms with Crippen molar-refractivity contribution < 1.29 is 14.0 Å². The molecule has 2 heterocycles. The first-order valence-corrected chi connectivity index (χ1v) is 9.17. The molecule has 27 heavy (non-hydrogen) atoms. The number of benzene rings is 1. The van der Waals surface area contributed by atoms with E-state index < -0.39 is 11.9 Å². The van der Waals surface area contributed by atoms with E-state index >= 15 is 0 Å². The molecule has 2 aromatic heterocycles. The molecule has 3 rings (SSSR count). The number of thioether (sulfide) groups is 1. The maximum Gasteiger partial charge on any atom is 0.325 e. The standard InChI is InChI=1S/C18H19N5O3S/c1-11-6-7-13(12(2)9-11)19-17(25)20-15(24)10-27-18-22-21-16(23(18)3)14-5-4-8-26-14/h4-9H,10H2,1-3H3,(H2,19,20,24,25). The van der Waals surface area contributed by atoms with E-state index in [0.29, 0.717) is 22.4 Å². The van der Waals surface area contributed by atoms with Crippen LogP contribution in [0, 0.1) is 13.8 Å². The van der Waals surface area contributed by atoms with Crippen LogP contribution in [-0.2, 0) is 11.8 Å². The number of aromatic nitrogens is 3. The second-order valence-corrected chi connectivity index (χ2v) is 6.89. The molecular formula is C18H19N5O3S. The van der Waals surface area contributed by atoms with Gasteiger partial charge in [-0.25, -0.2) is 4.79 Å². The Bertz CT molecular complexity index is 966. The van der Waals surface area contributed by atoms with Crippen LogP contribution in [0.5, 0.6) is 0 Å². The van der Waals surface area contributed by atoms with Gasteiger partial charge in [-0.2, -0.15) is 0 Å². The number of rotatable bonds is 5. The first-order valence-electron chi connectivity index (χ1n) is 8.18. The van der Waals surface area contributed by atoms with Crippen molar-refractivity contribution >= 4 is 29.4 Å². The van der Waals surface area contributed by atoms with E-state index in [1.165, 1.54) is 11.8 Å². The number of anilines is 1. The number of amides is 3. The van der Waals surface area contributed by atoms with Gasteiger partial charge in [0.1, 0.15) is 0 Å². The van der Waals surface area contributed by atoms with Gasteiger partial charge in [0, 0.05) is 12.7 Å². The van der Waals surface area contributed by atoms with Crippen molar-refractivity contribution in [3.8, 4) is 11.6 Å². The molecule has 0 atom stereocenters. The summed E-state index contributed by atoms with van der Waals surface area (Å²) in [5.41, 5.74) is 2.69. The third kappa shape index (κ3) is 4.56. The highest BCUT2D eigenvalue weighted by Crippen LogP contribution is 2.22. The number of carbonyl (C=O) groups excluding carboxylic acids is 2. The van der Waals surface area contributed by atoms with E-state index in [2.05, 4.69) is 20.8 Å². The molecule has 0 aliphatic carbocycles. The van der Waals surface area contributed by atoms with Gasteiger partial charge in [0.05, 0.1) is 12.0 Å². The van der Waals surface area contributed by atoms with Crippen LogP contribution < -0.4 is 10.6 Å². The fourth-order valence-electron chi connectivity index (χ4n) is 2.46. The van der Waals surface area contributed by atoms with Gasteiger partial charge in [-0.05, 0) is 37.6 Å². The van der Waals surface area contributed by atoms with Gasteiger partial charge < -0.3 is 14.3 Å². The molecule has 0 saturated carbocycles. The zero-order valence-corrected chi connectivity index (χ0v) is 16.0. The van der Waals surface area contributed by atoms with Crippen LogP contribution in [0.4, 0.5) is 10.5 Å². The average molecular weight is 385 g/mol. The number of hydrogen-bond acceptors (Lipinski definition) is 6. The van der Waals surface area contributed by atoms with Crippen molar-refractivity contribution in [2.45, 2.75) is 19.0 Å². The Balaban J connectivity index is 1.53. The molecule has 9 heteroatoms. The van der Waals surface area contributed by atoms with E-state index in [9.17, 15) is 9.59 Å². The average Bonchev–Trinajstić information content (AvgIpc) is 3.25. The summed E-state index contributed by atoms with van der Waals surface area (Å²) in [5.74, 6) is 0.763. The summed E-state index contributed by atoms with van der Waals surface area (Å²) in [6.45, 7) is 3.87. The number of furan rings is 1. The first kappa shape index (κ1) is 18.7. The maximum absolute atomic E-state index is 12.0. The number of hydrogen-bond donors (Lipinski definition) is 2. The summed E-state index contributed by atoms with van der Waals surface area (Å²) in [6.07, 6.45) is 1.55. The molecule has 8 nitrogen and oxygen atoms in total. The molecule has 3 aromatic rings. The fraction of sp³-hybridized carbons (Fsp3) is 0.222. The van der Waals surface area contributed by atoms with Crippen molar-refractivity contribution in [2.24, 2.45) is 7.05 Å². The molecule has 0 aliphatic rings. The molecule has 0 aliphatic heterocycles. The van der Waals surface area contributed by atoms with E-state index in [1.54, 1.807) is 36.1 Å². The summed E-state index contributed by atoms with van der Waals surface area (Å²) in [7, 11) is 1.78. The lowest BCUT2D eigenvalue weighted by atomic mass is 10.1. The molecule has 0 spiro atoms. The molecule has 3 amide bonds. The zero-order chi connectivity index (χ0) is 19.4. The quantitative estimate of drug-likeness (QED) is 0.654. The molecular weight excluding hydrogens is 366 g/mol. The van der Waals surface area contributed by atoms with Crippen LogP contribution in [0.25, 0.3) is 11.6 Å². The predicted octanol–water partition coefficient (Wildman–Crippen LogP) is 3.13. The van der Waals surface area contributed by atoms with Crippen molar-refractivity contribution in [2.75, 3.05) is 11.1 Å². The molecule has 0 unspecified atom stereocenters. The Morgan fingerprint density at radius 1 is 1.22 bits per heavy atom. The van der Waals surface area contributed by atoms with Crippen molar-refractivity contribution in [3.05, 3.63) is 47.7 Å². The predicted molar refractivity (Wildman–Crippen MR) is 103 cm³/mol. The highest BCUT2D eigenvalue weighted by atomic mass is 32.2. The van der Waals surface area contributed by atoms with Crippen LogP contribution in [0.1, 0.15) is 11.1 Å². The van der Waals surface area contributed by atoms with Crippen LogP contribution in [0.3, 0.4) is 0 Å². The van der Waals surface area contributed by atoms with Gasteiger partial charge in [-0.3, -0.25) is 10.1 Å². The molecule has 1 aromatic carbocycles. The third-order valence-corrected chi connectivity index (χ3v) is 4.81. The number of nitrogens with zero attached hydrogens (tertiary/aromatic N) is 3. The molecule has 0 radical (unpaired) electrons. The SMILES string of the molecule is Cc1ccc(NC(=O)NC(=O)CSc2nnc(-c3ccco3)n2C)c(C)c1. The Hall–Kier alpha value is -3.07. The van der Waals surface area contributed by atoms with E-state index in [-0.39, 0.29) is 5.75 Å². The lowest BCUT2D eigenvalue weighted by Gasteiger charge is -2.09. The van der Waals surface area contributed by atoms with E-state index in [4.69, 9.17) is 4.42 Å².